The van der Waals surface area contributed by atoms with Crippen molar-refractivity contribution < 1.29 is 9.47 Å². The Hall–Kier alpha value is -3.49. The van der Waals surface area contributed by atoms with Gasteiger partial charge < -0.3 is 19.7 Å². The molecule has 2 atom stereocenters. The average molecular weight is 459 g/mol. The molecular formula is C26H30N6O2. The van der Waals surface area contributed by atoms with Gasteiger partial charge in [-0.2, -0.15) is 10.2 Å². The number of anilines is 1. The first-order valence-electron chi connectivity index (χ1n) is 11.6. The number of fused-ring (bicyclic) bond motifs is 1. The lowest BCUT2D eigenvalue weighted by atomic mass is 10.0. The number of ether oxygens (including phenoxy) is 2. The summed E-state index contributed by atoms with van der Waals surface area (Å²) in [5, 5.41) is 18.1. The van der Waals surface area contributed by atoms with Gasteiger partial charge in [-0.05, 0) is 31.5 Å². The van der Waals surface area contributed by atoms with Crippen LogP contribution in [0.25, 0.3) is 16.6 Å². The van der Waals surface area contributed by atoms with Crippen molar-refractivity contribution in [1.29, 1.82) is 0 Å². The van der Waals surface area contributed by atoms with Crippen molar-refractivity contribution in [2.75, 3.05) is 38.7 Å². The molecule has 1 fully saturated rings. The van der Waals surface area contributed by atoms with E-state index in [9.17, 15) is 0 Å². The van der Waals surface area contributed by atoms with Gasteiger partial charge in [0.15, 0.2) is 11.9 Å². The van der Waals surface area contributed by atoms with Gasteiger partial charge in [0, 0.05) is 33.3 Å². The van der Waals surface area contributed by atoms with E-state index in [1.807, 2.05) is 73.1 Å². The molecule has 0 saturated carbocycles. The highest BCUT2D eigenvalue weighted by molar-refractivity contribution is 5.92. The second-order valence-electron chi connectivity index (χ2n) is 8.78. The minimum absolute atomic E-state index is 0.0729. The standard InChI is InChI=1S/C26H30N6O2/c1-17-23-18(2)32(30-24(23)26(29-28-17)31(3)4)20-11-8-12-21(15-20)34-25(19-9-6-5-7-10-19)22-16-27-13-14-33-22/h5-12,15,22,25,27H,13-14,16H2,1-4H3/t22-,25+/m1/s1. The number of hydrogen-bond acceptors (Lipinski definition) is 7. The summed E-state index contributed by atoms with van der Waals surface area (Å²) >= 11 is 0. The van der Waals surface area contributed by atoms with Gasteiger partial charge >= 0.3 is 0 Å². The minimum Gasteiger partial charge on any atom is -0.483 e. The molecule has 4 aromatic rings. The number of benzene rings is 2. The SMILES string of the molecule is Cc1nnc(N(C)C)c2nn(-c3cccc(O[C@@H](c4ccccc4)[C@H]4CNCCO4)c3)c(C)c12. The summed E-state index contributed by atoms with van der Waals surface area (Å²) in [5.74, 6) is 1.52. The van der Waals surface area contributed by atoms with Crippen molar-refractivity contribution in [3.8, 4) is 11.4 Å². The fourth-order valence-electron chi connectivity index (χ4n) is 4.48. The van der Waals surface area contributed by atoms with Crippen molar-refractivity contribution in [2.45, 2.75) is 26.1 Å². The third kappa shape index (κ3) is 4.22. The van der Waals surface area contributed by atoms with Crippen molar-refractivity contribution in [1.82, 2.24) is 25.3 Å². The number of aromatic nitrogens is 4. The maximum Gasteiger partial charge on any atom is 0.179 e. The summed E-state index contributed by atoms with van der Waals surface area (Å²) < 4.78 is 14.6. The number of aryl methyl sites for hydroxylation is 2. The minimum atomic E-state index is -0.224. The normalized spacial score (nSPS) is 17.0. The van der Waals surface area contributed by atoms with E-state index in [-0.39, 0.29) is 12.2 Å². The zero-order chi connectivity index (χ0) is 23.7. The summed E-state index contributed by atoms with van der Waals surface area (Å²) in [6, 6.07) is 18.3. The van der Waals surface area contributed by atoms with Crippen LogP contribution in [0.1, 0.15) is 23.1 Å². The molecule has 0 radical (unpaired) electrons. The van der Waals surface area contributed by atoms with Crippen LogP contribution in [-0.4, -0.2) is 59.9 Å². The van der Waals surface area contributed by atoms with E-state index < -0.39 is 0 Å². The van der Waals surface area contributed by atoms with E-state index >= 15 is 0 Å². The Morgan fingerprint density at radius 2 is 1.91 bits per heavy atom. The maximum absolute atomic E-state index is 6.56. The Balaban J connectivity index is 1.52. The summed E-state index contributed by atoms with van der Waals surface area (Å²) in [6.07, 6.45) is -0.297. The Bertz CT molecular complexity index is 1280. The fourth-order valence-corrected chi connectivity index (χ4v) is 4.48. The van der Waals surface area contributed by atoms with E-state index in [4.69, 9.17) is 14.6 Å². The van der Waals surface area contributed by atoms with Gasteiger partial charge in [-0.3, -0.25) is 0 Å². The Morgan fingerprint density at radius 3 is 2.65 bits per heavy atom. The molecular weight excluding hydrogens is 428 g/mol. The van der Waals surface area contributed by atoms with Gasteiger partial charge in [0.2, 0.25) is 0 Å². The monoisotopic (exact) mass is 458 g/mol. The summed E-state index contributed by atoms with van der Waals surface area (Å²) in [4.78, 5) is 1.94. The lowest BCUT2D eigenvalue weighted by molar-refractivity contribution is -0.0432. The maximum atomic E-state index is 6.56. The first-order chi connectivity index (χ1) is 16.5. The van der Waals surface area contributed by atoms with Crippen LogP contribution >= 0.6 is 0 Å². The third-order valence-electron chi connectivity index (χ3n) is 6.16. The molecule has 5 rings (SSSR count). The highest BCUT2D eigenvalue weighted by atomic mass is 16.5. The zero-order valence-corrected chi connectivity index (χ0v) is 20.0. The number of rotatable bonds is 6. The fraction of sp³-hybridized carbons (Fsp3) is 0.346. The topological polar surface area (TPSA) is 77.3 Å². The second kappa shape index (κ2) is 9.40. The first-order valence-corrected chi connectivity index (χ1v) is 11.6. The molecule has 2 aromatic carbocycles. The Morgan fingerprint density at radius 1 is 1.09 bits per heavy atom. The van der Waals surface area contributed by atoms with E-state index in [1.54, 1.807) is 0 Å². The number of nitrogens with one attached hydrogen (secondary N) is 1. The van der Waals surface area contributed by atoms with Crippen LogP contribution in [0.3, 0.4) is 0 Å². The zero-order valence-electron chi connectivity index (χ0n) is 20.0. The molecule has 1 N–H and O–H groups in total. The lowest BCUT2D eigenvalue weighted by Crippen LogP contribution is -2.43. The summed E-state index contributed by atoms with van der Waals surface area (Å²) in [7, 11) is 3.90. The van der Waals surface area contributed by atoms with Gasteiger partial charge in [-0.1, -0.05) is 36.4 Å². The van der Waals surface area contributed by atoms with Crippen molar-refractivity contribution >= 4 is 16.7 Å². The van der Waals surface area contributed by atoms with Crippen LogP contribution in [0.4, 0.5) is 5.82 Å². The molecule has 8 nitrogen and oxygen atoms in total. The number of hydrogen-bond donors (Lipinski definition) is 1. The summed E-state index contributed by atoms with van der Waals surface area (Å²) in [5.41, 5.74) is 4.73. The van der Waals surface area contributed by atoms with Crippen LogP contribution < -0.4 is 15.0 Å². The van der Waals surface area contributed by atoms with E-state index in [0.29, 0.717) is 6.61 Å². The highest BCUT2D eigenvalue weighted by Gasteiger charge is 2.28. The smallest absolute Gasteiger partial charge is 0.179 e. The van der Waals surface area contributed by atoms with Crippen LogP contribution in [0, 0.1) is 13.8 Å². The van der Waals surface area contributed by atoms with Gasteiger partial charge in [-0.15, -0.1) is 5.10 Å². The van der Waals surface area contributed by atoms with E-state index in [0.717, 1.165) is 58.2 Å². The van der Waals surface area contributed by atoms with Crippen LogP contribution in [-0.2, 0) is 4.74 Å². The van der Waals surface area contributed by atoms with Gasteiger partial charge in [0.05, 0.1) is 29.1 Å². The van der Waals surface area contributed by atoms with Crippen molar-refractivity contribution in [3.05, 3.63) is 71.5 Å². The van der Waals surface area contributed by atoms with Crippen LogP contribution in [0.5, 0.6) is 5.75 Å². The summed E-state index contributed by atoms with van der Waals surface area (Å²) in [6.45, 7) is 6.31. The molecule has 176 valence electrons. The molecule has 1 saturated heterocycles. The predicted octanol–water partition coefficient (Wildman–Crippen LogP) is 3.61. The lowest BCUT2D eigenvalue weighted by Gasteiger charge is -2.31. The van der Waals surface area contributed by atoms with E-state index in [1.165, 1.54) is 0 Å². The second-order valence-corrected chi connectivity index (χ2v) is 8.78. The molecule has 3 heterocycles. The van der Waals surface area contributed by atoms with Gasteiger partial charge in [0.1, 0.15) is 17.4 Å². The molecule has 1 aliphatic rings. The van der Waals surface area contributed by atoms with Crippen molar-refractivity contribution in [3.63, 3.8) is 0 Å². The molecule has 0 unspecified atom stereocenters. The molecule has 0 bridgehead atoms. The molecule has 2 aromatic heterocycles. The van der Waals surface area contributed by atoms with Crippen LogP contribution in [0.2, 0.25) is 0 Å². The van der Waals surface area contributed by atoms with Crippen molar-refractivity contribution in [2.24, 2.45) is 0 Å². The molecule has 8 heteroatoms. The first kappa shape index (κ1) is 22.3. The molecule has 1 aliphatic heterocycles. The predicted molar refractivity (Wildman–Crippen MR) is 133 cm³/mol. The molecule has 0 amide bonds. The largest absolute Gasteiger partial charge is 0.483 e. The number of morpholine rings is 1. The van der Waals surface area contributed by atoms with Gasteiger partial charge in [0.25, 0.3) is 0 Å². The highest BCUT2D eigenvalue weighted by Crippen LogP contribution is 2.31. The van der Waals surface area contributed by atoms with E-state index in [2.05, 4.69) is 34.6 Å². The Kier molecular flexibility index (Phi) is 6.17. The molecule has 0 spiro atoms. The van der Waals surface area contributed by atoms with Gasteiger partial charge in [-0.25, -0.2) is 4.68 Å². The number of nitrogens with zero attached hydrogens (tertiary/aromatic N) is 5. The average Bonchev–Trinajstić information content (AvgIpc) is 3.21. The molecule has 34 heavy (non-hydrogen) atoms. The third-order valence-corrected chi connectivity index (χ3v) is 6.16. The molecule has 0 aliphatic carbocycles. The van der Waals surface area contributed by atoms with Crippen LogP contribution in [0.15, 0.2) is 54.6 Å². The Labute approximate surface area is 199 Å². The quantitative estimate of drug-likeness (QED) is 0.473.